The lowest BCUT2D eigenvalue weighted by Crippen LogP contribution is -2.14. The maximum absolute atomic E-state index is 13.3. The van der Waals surface area contributed by atoms with Crippen LogP contribution in [0.15, 0.2) is 50.2 Å². The monoisotopic (exact) mass is 432 g/mol. The molecule has 0 saturated carbocycles. The Morgan fingerprint density at radius 1 is 1.24 bits per heavy atom. The summed E-state index contributed by atoms with van der Waals surface area (Å²) in [5.41, 5.74) is 6.19. The molecule has 0 heterocycles. The molecule has 0 aromatic heterocycles. The molecule has 0 aliphatic heterocycles. The molecule has 0 spiro atoms. The number of nitrogens with two attached hydrogens (primary N) is 1. The molecule has 7 heteroatoms. The van der Waals surface area contributed by atoms with Crippen LogP contribution >= 0.6 is 43.6 Å². The summed E-state index contributed by atoms with van der Waals surface area (Å²) >= 11 is 7.97. The van der Waals surface area contributed by atoms with E-state index >= 15 is 0 Å². The van der Waals surface area contributed by atoms with E-state index in [9.17, 15) is 9.18 Å². The van der Waals surface area contributed by atoms with Crippen molar-refractivity contribution in [3.05, 3.63) is 51.2 Å². The topological polar surface area (TPSA) is 55.1 Å². The zero-order valence-corrected chi connectivity index (χ0v) is 14.7. The molecule has 1 amide bonds. The molecule has 0 aliphatic rings. The lowest BCUT2D eigenvalue weighted by atomic mass is 10.3. The van der Waals surface area contributed by atoms with Gasteiger partial charge < -0.3 is 11.1 Å². The summed E-state index contributed by atoms with van der Waals surface area (Å²) in [6.45, 7) is 0. The Bertz CT molecular complexity index is 682. The first-order chi connectivity index (χ1) is 9.95. The second kappa shape index (κ2) is 7.29. The molecule has 0 aliphatic carbocycles. The normalized spacial score (nSPS) is 10.4. The van der Waals surface area contributed by atoms with Crippen molar-refractivity contribution < 1.29 is 9.18 Å². The molecular formula is C14H11Br2FN2OS. The molecule has 0 radical (unpaired) electrons. The number of carbonyl (C=O) groups excluding carboxylic acids is 1. The van der Waals surface area contributed by atoms with Crippen molar-refractivity contribution in [3.63, 3.8) is 0 Å². The second-order valence-electron chi connectivity index (χ2n) is 4.14. The smallest absolute Gasteiger partial charge is 0.234 e. The number of benzene rings is 2. The van der Waals surface area contributed by atoms with Gasteiger partial charge in [0.1, 0.15) is 5.82 Å². The summed E-state index contributed by atoms with van der Waals surface area (Å²) in [7, 11) is 0. The Kier molecular flexibility index (Phi) is 5.66. The van der Waals surface area contributed by atoms with Gasteiger partial charge in [-0.3, -0.25) is 4.79 Å². The Hall–Kier alpha value is -1.05. The van der Waals surface area contributed by atoms with Crippen LogP contribution in [0.25, 0.3) is 0 Å². The highest BCUT2D eigenvalue weighted by molar-refractivity contribution is 9.11. The van der Waals surface area contributed by atoms with Gasteiger partial charge in [0.05, 0.1) is 17.1 Å². The Labute approximate surface area is 142 Å². The number of hydrogen-bond donors (Lipinski definition) is 2. The van der Waals surface area contributed by atoms with Crippen LogP contribution in [0.4, 0.5) is 15.8 Å². The number of halogens is 3. The quantitative estimate of drug-likeness (QED) is 0.544. The van der Waals surface area contributed by atoms with Crippen molar-refractivity contribution in [2.24, 2.45) is 0 Å². The van der Waals surface area contributed by atoms with Crippen molar-refractivity contribution in [1.82, 2.24) is 0 Å². The molecule has 0 atom stereocenters. The molecule has 0 fully saturated rings. The molecule has 0 unspecified atom stereocenters. The van der Waals surface area contributed by atoms with Gasteiger partial charge in [-0.05, 0) is 52.3 Å². The molecule has 2 rings (SSSR count). The first kappa shape index (κ1) is 16.3. The zero-order valence-electron chi connectivity index (χ0n) is 10.7. The second-order valence-corrected chi connectivity index (χ2v) is 6.96. The van der Waals surface area contributed by atoms with E-state index in [1.54, 1.807) is 12.1 Å². The van der Waals surface area contributed by atoms with Gasteiger partial charge in [0.2, 0.25) is 5.91 Å². The van der Waals surface area contributed by atoms with Gasteiger partial charge in [0.25, 0.3) is 0 Å². The first-order valence-corrected chi connectivity index (χ1v) is 8.45. The number of hydrogen-bond acceptors (Lipinski definition) is 3. The molecule has 0 bridgehead atoms. The van der Waals surface area contributed by atoms with E-state index in [0.717, 1.165) is 8.95 Å². The van der Waals surface area contributed by atoms with Gasteiger partial charge in [0, 0.05) is 13.8 Å². The summed E-state index contributed by atoms with van der Waals surface area (Å²) in [6, 6.07) is 9.97. The number of amides is 1. The SMILES string of the molecule is Nc1ccc(SCC(=O)Nc2ccc(Br)cc2Br)cc1F. The van der Waals surface area contributed by atoms with Crippen molar-refractivity contribution >= 4 is 60.9 Å². The molecular weight excluding hydrogens is 423 g/mol. The van der Waals surface area contributed by atoms with Crippen molar-refractivity contribution in [1.29, 1.82) is 0 Å². The number of rotatable bonds is 4. The van der Waals surface area contributed by atoms with Crippen molar-refractivity contribution in [2.75, 3.05) is 16.8 Å². The average Bonchev–Trinajstić information content (AvgIpc) is 2.43. The molecule has 0 saturated heterocycles. The van der Waals surface area contributed by atoms with E-state index in [2.05, 4.69) is 37.2 Å². The van der Waals surface area contributed by atoms with Gasteiger partial charge >= 0.3 is 0 Å². The number of carbonyl (C=O) groups is 1. The average molecular weight is 434 g/mol. The van der Waals surface area contributed by atoms with Crippen LogP contribution in [0, 0.1) is 5.82 Å². The highest BCUT2D eigenvalue weighted by Crippen LogP contribution is 2.27. The lowest BCUT2D eigenvalue weighted by Gasteiger charge is -2.08. The Morgan fingerprint density at radius 2 is 2.00 bits per heavy atom. The summed E-state index contributed by atoms with van der Waals surface area (Å²) in [5, 5.41) is 2.79. The Morgan fingerprint density at radius 3 is 2.67 bits per heavy atom. The van der Waals surface area contributed by atoms with Gasteiger partial charge in [-0.1, -0.05) is 15.9 Å². The first-order valence-electron chi connectivity index (χ1n) is 5.88. The summed E-state index contributed by atoms with van der Waals surface area (Å²) < 4.78 is 15.0. The molecule has 110 valence electrons. The number of nitrogen functional groups attached to an aromatic ring is 1. The lowest BCUT2D eigenvalue weighted by molar-refractivity contribution is -0.113. The maximum atomic E-state index is 13.3. The van der Waals surface area contributed by atoms with Crippen LogP contribution < -0.4 is 11.1 Å². The fourth-order valence-corrected chi connectivity index (χ4v) is 3.39. The summed E-state index contributed by atoms with van der Waals surface area (Å²) in [4.78, 5) is 12.6. The van der Waals surface area contributed by atoms with Crippen LogP contribution in [0.3, 0.4) is 0 Å². The van der Waals surface area contributed by atoms with Gasteiger partial charge in [-0.15, -0.1) is 11.8 Å². The largest absolute Gasteiger partial charge is 0.396 e. The van der Waals surface area contributed by atoms with Crippen LogP contribution in [-0.2, 0) is 4.79 Å². The van der Waals surface area contributed by atoms with Crippen molar-refractivity contribution in [2.45, 2.75) is 4.90 Å². The van der Waals surface area contributed by atoms with Gasteiger partial charge in [0.15, 0.2) is 0 Å². The van der Waals surface area contributed by atoms with Gasteiger partial charge in [-0.2, -0.15) is 0 Å². The summed E-state index contributed by atoms with van der Waals surface area (Å²) in [6.07, 6.45) is 0. The predicted octanol–water partition coefficient (Wildman–Crippen LogP) is 4.66. The third-order valence-corrected chi connectivity index (χ3v) is 4.69. The van der Waals surface area contributed by atoms with Crippen LogP contribution in [0.5, 0.6) is 0 Å². The Balaban J connectivity index is 1.94. The van der Waals surface area contributed by atoms with E-state index in [4.69, 9.17) is 5.73 Å². The minimum Gasteiger partial charge on any atom is -0.396 e. The van der Waals surface area contributed by atoms with E-state index in [-0.39, 0.29) is 17.3 Å². The highest BCUT2D eigenvalue weighted by Gasteiger charge is 2.08. The van der Waals surface area contributed by atoms with E-state index in [0.29, 0.717) is 10.6 Å². The third kappa shape index (κ3) is 4.72. The van der Waals surface area contributed by atoms with Crippen LogP contribution in [0.2, 0.25) is 0 Å². The molecule has 3 nitrogen and oxygen atoms in total. The van der Waals surface area contributed by atoms with E-state index in [1.165, 1.54) is 23.9 Å². The standard InChI is InChI=1S/C14H11Br2FN2OS/c15-8-1-4-13(10(16)5-8)19-14(20)7-21-9-2-3-12(18)11(17)6-9/h1-6H,7,18H2,(H,19,20). The summed E-state index contributed by atoms with van der Waals surface area (Å²) in [5.74, 6) is -0.456. The third-order valence-electron chi connectivity index (χ3n) is 2.55. The number of nitrogens with one attached hydrogen (secondary N) is 1. The fourth-order valence-electron chi connectivity index (χ4n) is 1.52. The van der Waals surface area contributed by atoms with E-state index in [1.807, 2.05) is 12.1 Å². The fraction of sp³-hybridized carbons (Fsp3) is 0.0714. The maximum Gasteiger partial charge on any atom is 0.234 e. The van der Waals surface area contributed by atoms with Gasteiger partial charge in [-0.25, -0.2) is 4.39 Å². The minimum absolute atomic E-state index is 0.0996. The predicted molar refractivity (Wildman–Crippen MR) is 92.0 cm³/mol. The number of anilines is 2. The highest BCUT2D eigenvalue weighted by atomic mass is 79.9. The van der Waals surface area contributed by atoms with Crippen LogP contribution in [0.1, 0.15) is 0 Å². The van der Waals surface area contributed by atoms with E-state index < -0.39 is 5.82 Å². The van der Waals surface area contributed by atoms with Crippen molar-refractivity contribution in [3.8, 4) is 0 Å². The molecule has 2 aromatic rings. The minimum atomic E-state index is -0.476. The molecule has 2 aromatic carbocycles. The number of thioether (sulfide) groups is 1. The van der Waals surface area contributed by atoms with Crippen LogP contribution in [-0.4, -0.2) is 11.7 Å². The zero-order chi connectivity index (χ0) is 15.4. The molecule has 21 heavy (non-hydrogen) atoms. The molecule has 3 N–H and O–H groups in total.